The number of piperidine rings is 1. The normalized spacial score (nSPS) is 22.0. The minimum absolute atomic E-state index is 0.100. The van der Waals surface area contributed by atoms with Crippen molar-refractivity contribution in [1.82, 2.24) is 4.90 Å². The van der Waals surface area contributed by atoms with E-state index in [0.29, 0.717) is 29.8 Å². The van der Waals surface area contributed by atoms with Gasteiger partial charge in [-0.25, -0.2) is 4.79 Å². The highest BCUT2D eigenvalue weighted by atomic mass is 35.5. The molecule has 22 heavy (non-hydrogen) atoms. The molecule has 2 amide bonds. The van der Waals surface area contributed by atoms with E-state index in [1.54, 1.807) is 22.7 Å². The van der Waals surface area contributed by atoms with E-state index >= 15 is 0 Å². The molecule has 1 aliphatic heterocycles. The first kappa shape index (κ1) is 17.4. The predicted molar refractivity (Wildman–Crippen MR) is 92.8 cm³/mol. The number of urea groups is 1. The summed E-state index contributed by atoms with van der Waals surface area (Å²) in [5.41, 5.74) is 0.745. The van der Waals surface area contributed by atoms with Gasteiger partial charge in [0.1, 0.15) is 0 Å². The van der Waals surface area contributed by atoms with Crippen LogP contribution in [-0.2, 0) is 0 Å². The Hall–Kier alpha value is -0.910. The third-order valence-electron chi connectivity index (χ3n) is 3.69. The van der Waals surface area contributed by atoms with E-state index < -0.39 is 0 Å². The maximum absolute atomic E-state index is 12.4. The number of hydrogen-bond donors (Lipinski definition) is 2. The zero-order chi connectivity index (χ0) is 16.3. The molecule has 6 heteroatoms. The van der Waals surface area contributed by atoms with Crippen molar-refractivity contribution >= 4 is 35.1 Å². The number of anilines is 1. The number of benzene rings is 1. The van der Waals surface area contributed by atoms with Gasteiger partial charge >= 0.3 is 6.03 Å². The van der Waals surface area contributed by atoms with Crippen LogP contribution in [0.15, 0.2) is 23.1 Å². The zero-order valence-corrected chi connectivity index (χ0v) is 14.7. The smallest absolute Gasteiger partial charge is 0.321 e. The Morgan fingerprint density at radius 1 is 1.50 bits per heavy atom. The van der Waals surface area contributed by atoms with E-state index in [1.807, 2.05) is 19.1 Å². The standard InChI is InChI=1S/C16H23ClN2O2S/c1-10(2)22-15-5-4-12(17)8-13(15)18-16(21)19-7-6-14(20)11(3)9-19/h4-5,8,10-11,14,20H,6-7,9H2,1-3H3,(H,18,21)/t11-,14+/m1/s1. The van der Waals surface area contributed by atoms with Gasteiger partial charge in [0.05, 0.1) is 11.8 Å². The summed E-state index contributed by atoms with van der Waals surface area (Å²) in [6, 6.07) is 5.42. The monoisotopic (exact) mass is 342 g/mol. The lowest BCUT2D eigenvalue weighted by molar-refractivity contribution is 0.0506. The van der Waals surface area contributed by atoms with Gasteiger partial charge in [-0.1, -0.05) is 32.4 Å². The Bertz CT molecular complexity index is 539. The highest BCUT2D eigenvalue weighted by Crippen LogP contribution is 2.33. The van der Waals surface area contributed by atoms with E-state index in [0.717, 1.165) is 10.6 Å². The average molecular weight is 343 g/mol. The summed E-state index contributed by atoms with van der Waals surface area (Å²) in [6.07, 6.45) is 0.305. The summed E-state index contributed by atoms with van der Waals surface area (Å²) in [4.78, 5) is 15.2. The molecule has 1 aromatic rings. The number of likely N-dealkylation sites (tertiary alicyclic amines) is 1. The number of nitrogens with one attached hydrogen (secondary N) is 1. The Morgan fingerprint density at radius 2 is 2.23 bits per heavy atom. The summed E-state index contributed by atoms with van der Waals surface area (Å²) in [6.45, 7) is 7.32. The molecule has 1 heterocycles. The van der Waals surface area contributed by atoms with E-state index in [-0.39, 0.29) is 18.1 Å². The van der Waals surface area contributed by atoms with Crippen molar-refractivity contribution in [2.45, 2.75) is 43.4 Å². The second-order valence-electron chi connectivity index (χ2n) is 6.02. The maximum Gasteiger partial charge on any atom is 0.321 e. The SMILES string of the molecule is CC(C)Sc1ccc(Cl)cc1NC(=O)N1CC[C@H](O)[C@H](C)C1. The van der Waals surface area contributed by atoms with Gasteiger partial charge in [-0.15, -0.1) is 11.8 Å². The Kier molecular flexibility index (Phi) is 6.01. The third kappa shape index (κ3) is 4.54. The van der Waals surface area contributed by atoms with Gasteiger partial charge < -0.3 is 15.3 Å². The Labute approximate surface area is 141 Å². The molecule has 1 aromatic carbocycles. The quantitative estimate of drug-likeness (QED) is 0.814. The maximum atomic E-state index is 12.4. The lowest BCUT2D eigenvalue weighted by Crippen LogP contribution is -2.46. The Morgan fingerprint density at radius 3 is 2.86 bits per heavy atom. The molecule has 0 aromatic heterocycles. The van der Waals surface area contributed by atoms with Gasteiger partial charge in [0.15, 0.2) is 0 Å². The molecule has 0 spiro atoms. The van der Waals surface area contributed by atoms with Crippen molar-refractivity contribution in [2.75, 3.05) is 18.4 Å². The van der Waals surface area contributed by atoms with Crippen molar-refractivity contribution in [3.63, 3.8) is 0 Å². The van der Waals surface area contributed by atoms with E-state index in [4.69, 9.17) is 11.6 Å². The Balaban J connectivity index is 2.09. The topological polar surface area (TPSA) is 52.6 Å². The molecule has 0 bridgehead atoms. The molecule has 4 nitrogen and oxygen atoms in total. The molecule has 2 rings (SSSR count). The number of carbonyl (C=O) groups is 1. The fraction of sp³-hybridized carbons (Fsp3) is 0.562. The van der Waals surface area contributed by atoms with Gasteiger partial charge in [0.25, 0.3) is 0 Å². The molecule has 2 N–H and O–H groups in total. The largest absolute Gasteiger partial charge is 0.393 e. The number of nitrogens with zero attached hydrogens (tertiary/aromatic N) is 1. The number of hydrogen-bond acceptors (Lipinski definition) is 3. The number of rotatable bonds is 3. The lowest BCUT2D eigenvalue weighted by Gasteiger charge is -2.34. The van der Waals surface area contributed by atoms with Crippen LogP contribution >= 0.6 is 23.4 Å². The van der Waals surface area contributed by atoms with Crippen LogP contribution in [-0.4, -0.2) is 40.5 Å². The number of thioether (sulfide) groups is 1. The van der Waals surface area contributed by atoms with Crippen LogP contribution in [0.25, 0.3) is 0 Å². The van der Waals surface area contributed by atoms with Crippen molar-refractivity contribution in [2.24, 2.45) is 5.92 Å². The van der Waals surface area contributed by atoms with E-state index in [2.05, 4.69) is 19.2 Å². The highest BCUT2D eigenvalue weighted by Gasteiger charge is 2.27. The van der Waals surface area contributed by atoms with Crippen LogP contribution < -0.4 is 5.32 Å². The van der Waals surface area contributed by atoms with Gasteiger partial charge in [-0.2, -0.15) is 0 Å². The van der Waals surface area contributed by atoms with E-state index in [9.17, 15) is 9.90 Å². The predicted octanol–water partition coefficient (Wildman–Crippen LogP) is 4.08. The zero-order valence-electron chi connectivity index (χ0n) is 13.2. The second-order valence-corrected chi connectivity index (χ2v) is 8.07. The lowest BCUT2D eigenvalue weighted by atomic mass is 9.97. The molecule has 0 saturated carbocycles. The molecule has 1 aliphatic rings. The summed E-state index contributed by atoms with van der Waals surface area (Å²) in [7, 11) is 0. The summed E-state index contributed by atoms with van der Waals surface area (Å²) in [5, 5.41) is 13.8. The van der Waals surface area contributed by atoms with Gasteiger partial charge in [-0.3, -0.25) is 0 Å². The van der Waals surface area contributed by atoms with Crippen LogP contribution in [0.3, 0.4) is 0 Å². The minimum atomic E-state index is -0.317. The van der Waals surface area contributed by atoms with Crippen molar-refractivity contribution in [1.29, 1.82) is 0 Å². The molecule has 0 aliphatic carbocycles. The molecular weight excluding hydrogens is 320 g/mol. The van der Waals surface area contributed by atoms with Crippen molar-refractivity contribution < 1.29 is 9.90 Å². The number of halogens is 1. The number of aliphatic hydroxyl groups excluding tert-OH is 1. The summed E-state index contributed by atoms with van der Waals surface area (Å²) >= 11 is 7.75. The van der Waals surface area contributed by atoms with Crippen LogP contribution in [0, 0.1) is 5.92 Å². The van der Waals surface area contributed by atoms with Gasteiger partial charge in [0, 0.05) is 28.3 Å². The molecule has 1 fully saturated rings. The first-order chi connectivity index (χ1) is 10.4. The van der Waals surface area contributed by atoms with Crippen LogP contribution in [0.2, 0.25) is 5.02 Å². The van der Waals surface area contributed by atoms with Crippen LogP contribution in [0.5, 0.6) is 0 Å². The van der Waals surface area contributed by atoms with Crippen molar-refractivity contribution in [3.8, 4) is 0 Å². The average Bonchev–Trinajstić information content (AvgIpc) is 2.44. The summed E-state index contributed by atoms with van der Waals surface area (Å²) < 4.78 is 0. The molecule has 0 unspecified atom stereocenters. The number of carbonyl (C=O) groups excluding carboxylic acids is 1. The van der Waals surface area contributed by atoms with Crippen molar-refractivity contribution in [3.05, 3.63) is 23.2 Å². The summed E-state index contributed by atoms with van der Waals surface area (Å²) in [5.74, 6) is 0.100. The molecule has 122 valence electrons. The van der Waals surface area contributed by atoms with Crippen LogP contribution in [0.4, 0.5) is 10.5 Å². The fourth-order valence-corrected chi connectivity index (χ4v) is 3.53. The molecule has 2 atom stereocenters. The van der Waals surface area contributed by atoms with Crippen LogP contribution in [0.1, 0.15) is 27.2 Å². The van der Waals surface area contributed by atoms with E-state index in [1.165, 1.54) is 0 Å². The first-order valence-electron chi connectivity index (χ1n) is 7.57. The van der Waals surface area contributed by atoms with Gasteiger partial charge in [-0.05, 0) is 30.5 Å². The molecular formula is C16H23ClN2O2S. The first-order valence-corrected chi connectivity index (χ1v) is 8.82. The molecule has 0 radical (unpaired) electrons. The minimum Gasteiger partial charge on any atom is -0.393 e. The second kappa shape index (κ2) is 7.57. The number of amides is 2. The third-order valence-corrected chi connectivity index (χ3v) is 5.01. The van der Waals surface area contributed by atoms with Gasteiger partial charge in [0.2, 0.25) is 0 Å². The fourth-order valence-electron chi connectivity index (χ4n) is 2.47. The number of aliphatic hydroxyl groups is 1. The molecule has 1 saturated heterocycles. The highest BCUT2D eigenvalue weighted by molar-refractivity contribution is 8.00.